The smallest absolute Gasteiger partial charge is 0.337 e. The third-order valence-electron chi connectivity index (χ3n) is 6.12. The zero-order valence-electron chi connectivity index (χ0n) is 19.6. The number of nitrogens with one attached hydrogen (secondary N) is 2. The topological polar surface area (TPSA) is 104 Å². The molecule has 1 fully saturated rings. The summed E-state index contributed by atoms with van der Waals surface area (Å²) in [7, 11) is 0. The van der Waals surface area contributed by atoms with Crippen LogP contribution in [0.5, 0.6) is 0 Å². The number of thioether (sulfide) groups is 1. The molecule has 4 rings (SSSR count). The van der Waals surface area contributed by atoms with Crippen LogP contribution in [-0.4, -0.2) is 35.3 Å². The number of nitriles is 1. The standard InChI is InChI=1S/C27H28N4O3S/c1-2-34-27(33)24-23(18-12-14-29-15-13-18)21(16-28)26(31-25(24)19-8-4-3-5-9-19)35-17-22(32)30-20-10-6-7-11-20/h3-5,8-9,12-15,20,23,31H,2,6-7,10-11,17H2,1H3,(H,30,32)/t23-/m0/s1. The number of hydrogen-bond acceptors (Lipinski definition) is 7. The predicted octanol–water partition coefficient (Wildman–Crippen LogP) is 4.27. The molecule has 1 amide bonds. The van der Waals surface area contributed by atoms with Crippen molar-refractivity contribution in [3.63, 3.8) is 0 Å². The van der Waals surface area contributed by atoms with Gasteiger partial charge in [-0.05, 0) is 43.0 Å². The van der Waals surface area contributed by atoms with E-state index >= 15 is 0 Å². The lowest BCUT2D eigenvalue weighted by Crippen LogP contribution is -2.34. The molecule has 2 N–H and O–H groups in total. The van der Waals surface area contributed by atoms with Crippen molar-refractivity contribution < 1.29 is 14.3 Å². The average molecular weight is 489 g/mol. The molecule has 1 aliphatic carbocycles. The Bertz CT molecular complexity index is 1170. The first-order valence-electron chi connectivity index (χ1n) is 11.8. The maximum absolute atomic E-state index is 13.3. The molecule has 2 heterocycles. The Balaban J connectivity index is 1.74. The number of pyridine rings is 1. The van der Waals surface area contributed by atoms with Crippen LogP contribution in [0.1, 0.15) is 49.7 Å². The summed E-state index contributed by atoms with van der Waals surface area (Å²) in [6, 6.07) is 15.6. The Morgan fingerprint density at radius 1 is 1.17 bits per heavy atom. The molecule has 1 atom stereocenters. The Morgan fingerprint density at radius 3 is 2.54 bits per heavy atom. The normalized spacial score (nSPS) is 18.1. The number of benzene rings is 1. The second-order valence-electron chi connectivity index (χ2n) is 8.41. The van der Waals surface area contributed by atoms with Crippen molar-refractivity contribution in [3.05, 3.63) is 82.2 Å². The first kappa shape index (κ1) is 24.6. The molecular formula is C27H28N4O3S. The molecule has 0 unspecified atom stereocenters. The largest absolute Gasteiger partial charge is 0.463 e. The van der Waals surface area contributed by atoms with Crippen LogP contribution in [0.25, 0.3) is 5.70 Å². The van der Waals surface area contributed by atoms with Crippen molar-refractivity contribution in [3.8, 4) is 6.07 Å². The third kappa shape index (κ3) is 5.75. The lowest BCUT2D eigenvalue weighted by Gasteiger charge is -2.30. The van der Waals surface area contributed by atoms with Gasteiger partial charge in [-0.25, -0.2) is 4.79 Å². The van der Waals surface area contributed by atoms with E-state index in [4.69, 9.17) is 4.74 Å². The minimum atomic E-state index is -0.654. The van der Waals surface area contributed by atoms with Crippen LogP contribution in [0.2, 0.25) is 0 Å². The van der Waals surface area contributed by atoms with Gasteiger partial charge in [-0.1, -0.05) is 54.9 Å². The van der Waals surface area contributed by atoms with Gasteiger partial charge in [0.1, 0.15) is 0 Å². The summed E-state index contributed by atoms with van der Waals surface area (Å²) in [6.45, 7) is 1.96. The monoisotopic (exact) mass is 488 g/mol. The van der Waals surface area contributed by atoms with Crippen LogP contribution in [0, 0.1) is 11.3 Å². The van der Waals surface area contributed by atoms with Crippen molar-refractivity contribution >= 4 is 29.3 Å². The molecule has 2 aliphatic rings. The van der Waals surface area contributed by atoms with Crippen molar-refractivity contribution in [1.82, 2.24) is 15.6 Å². The van der Waals surface area contributed by atoms with Crippen LogP contribution < -0.4 is 10.6 Å². The second kappa shape index (κ2) is 11.7. The van der Waals surface area contributed by atoms with E-state index in [0.717, 1.165) is 36.8 Å². The second-order valence-corrected chi connectivity index (χ2v) is 9.39. The van der Waals surface area contributed by atoms with Gasteiger partial charge < -0.3 is 15.4 Å². The van der Waals surface area contributed by atoms with E-state index in [1.54, 1.807) is 31.5 Å². The number of rotatable bonds is 8. The SMILES string of the molecule is CCOC(=O)C1=C(c2ccccc2)NC(SCC(=O)NC2CCCC2)=C(C#N)[C@@H]1c1ccncc1. The predicted molar refractivity (Wildman–Crippen MR) is 136 cm³/mol. The van der Waals surface area contributed by atoms with E-state index in [0.29, 0.717) is 21.9 Å². The van der Waals surface area contributed by atoms with Gasteiger partial charge in [0.25, 0.3) is 0 Å². The van der Waals surface area contributed by atoms with Crippen molar-refractivity contribution in [2.24, 2.45) is 0 Å². The number of allylic oxidation sites excluding steroid dienone is 1. The number of dihydropyridines is 1. The molecule has 1 aromatic heterocycles. The summed E-state index contributed by atoms with van der Waals surface area (Å²) >= 11 is 1.28. The summed E-state index contributed by atoms with van der Waals surface area (Å²) in [5.74, 6) is -1.03. The molecule has 2 aromatic rings. The first-order chi connectivity index (χ1) is 17.1. The summed E-state index contributed by atoms with van der Waals surface area (Å²) < 4.78 is 5.43. The summed E-state index contributed by atoms with van der Waals surface area (Å²) in [6.07, 6.45) is 7.57. The molecule has 7 nitrogen and oxygen atoms in total. The Kier molecular flexibility index (Phi) is 8.22. The zero-order chi connectivity index (χ0) is 24.6. The van der Waals surface area contributed by atoms with Crippen molar-refractivity contribution in [2.75, 3.05) is 12.4 Å². The van der Waals surface area contributed by atoms with E-state index in [1.165, 1.54) is 11.8 Å². The minimum Gasteiger partial charge on any atom is -0.463 e. The fourth-order valence-electron chi connectivity index (χ4n) is 4.52. The van der Waals surface area contributed by atoms with Crippen LogP contribution in [0.4, 0.5) is 0 Å². The lowest BCUT2D eigenvalue weighted by molar-refractivity contribution is -0.138. The number of ether oxygens (including phenoxy) is 1. The van der Waals surface area contributed by atoms with Crippen LogP contribution >= 0.6 is 11.8 Å². The molecule has 0 saturated heterocycles. The zero-order valence-corrected chi connectivity index (χ0v) is 20.4. The van der Waals surface area contributed by atoms with Gasteiger partial charge in [0.2, 0.25) is 5.91 Å². The summed E-state index contributed by atoms with van der Waals surface area (Å²) in [5, 5.41) is 17.2. The molecule has 0 bridgehead atoms. The molecule has 180 valence electrons. The Hall–Kier alpha value is -3.57. The number of carbonyl (C=O) groups excluding carboxylic acids is 2. The highest BCUT2D eigenvalue weighted by Crippen LogP contribution is 2.43. The Labute approximate surface area is 209 Å². The van der Waals surface area contributed by atoms with Crippen molar-refractivity contribution in [1.29, 1.82) is 5.26 Å². The summed E-state index contributed by atoms with van der Waals surface area (Å²) in [4.78, 5) is 30.0. The molecule has 0 radical (unpaired) electrons. The van der Waals surface area contributed by atoms with E-state index in [2.05, 4.69) is 21.7 Å². The van der Waals surface area contributed by atoms with E-state index in [9.17, 15) is 14.9 Å². The van der Waals surface area contributed by atoms with Crippen LogP contribution in [0.3, 0.4) is 0 Å². The molecule has 1 saturated carbocycles. The molecular weight excluding hydrogens is 460 g/mol. The number of esters is 1. The van der Waals surface area contributed by atoms with Crippen LogP contribution in [0.15, 0.2) is 71.0 Å². The number of carbonyl (C=O) groups is 2. The number of nitrogens with zero attached hydrogens (tertiary/aromatic N) is 2. The third-order valence-corrected chi connectivity index (χ3v) is 7.13. The fourth-order valence-corrected chi connectivity index (χ4v) is 5.38. The minimum absolute atomic E-state index is 0.0598. The van der Waals surface area contributed by atoms with Gasteiger partial charge >= 0.3 is 5.97 Å². The maximum atomic E-state index is 13.3. The lowest BCUT2D eigenvalue weighted by atomic mass is 9.81. The maximum Gasteiger partial charge on any atom is 0.337 e. The van der Waals surface area contributed by atoms with Gasteiger partial charge in [-0.15, -0.1) is 0 Å². The highest BCUT2D eigenvalue weighted by atomic mass is 32.2. The van der Waals surface area contributed by atoms with Crippen molar-refractivity contribution in [2.45, 2.75) is 44.6 Å². The first-order valence-corrected chi connectivity index (χ1v) is 12.8. The van der Waals surface area contributed by atoms with Gasteiger partial charge in [0.05, 0.1) is 46.2 Å². The van der Waals surface area contributed by atoms with E-state index in [-0.39, 0.29) is 24.3 Å². The molecule has 0 spiro atoms. The quantitative estimate of drug-likeness (QED) is 0.535. The molecule has 8 heteroatoms. The van der Waals surface area contributed by atoms with Gasteiger partial charge in [-0.3, -0.25) is 9.78 Å². The molecule has 1 aliphatic heterocycles. The number of hydrogen-bond donors (Lipinski definition) is 2. The van der Waals surface area contributed by atoms with Gasteiger partial charge in [0.15, 0.2) is 0 Å². The van der Waals surface area contributed by atoms with E-state index < -0.39 is 11.9 Å². The van der Waals surface area contributed by atoms with E-state index in [1.807, 2.05) is 30.3 Å². The number of aromatic nitrogens is 1. The summed E-state index contributed by atoms with van der Waals surface area (Å²) in [5.41, 5.74) is 2.85. The van der Waals surface area contributed by atoms with Gasteiger partial charge in [0, 0.05) is 18.4 Å². The highest BCUT2D eigenvalue weighted by Gasteiger charge is 2.37. The Morgan fingerprint density at radius 2 is 1.89 bits per heavy atom. The fraction of sp³-hybridized carbons (Fsp3) is 0.333. The average Bonchev–Trinajstić information content (AvgIpc) is 3.40. The van der Waals surface area contributed by atoms with Gasteiger partial charge in [-0.2, -0.15) is 5.26 Å². The number of amides is 1. The molecule has 35 heavy (non-hydrogen) atoms. The van der Waals surface area contributed by atoms with Crippen LogP contribution in [-0.2, 0) is 14.3 Å². The molecule has 1 aromatic carbocycles. The highest BCUT2D eigenvalue weighted by molar-refractivity contribution is 8.03.